The molecule has 3 saturated heterocycles. The minimum atomic E-state index is 0. The molecule has 0 saturated carbocycles. The molecule has 0 aliphatic carbocycles. The summed E-state index contributed by atoms with van der Waals surface area (Å²) in [7, 11) is 0. The molecule has 0 radical (unpaired) electrons. The third kappa shape index (κ3) is 4.87. The van der Waals surface area contributed by atoms with Crippen LogP contribution in [0.15, 0.2) is 24.3 Å². The van der Waals surface area contributed by atoms with Gasteiger partial charge < -0.3 is 15.5 Å². The molecule has 2 bridgehead atoms. The normalized spacial score (nSPS) is 27.2. The maximum Gasteiger partial charge on any atom is 0.251 e. The lowest BCUT2D eigenvalue weighted by molar-refractivity contribution is -0.133. The Bertz CT molecular complexity index is 691. The number of piperidine rings is 2. The number of rotatable bonds is 4. The Morgan fingerprint density at radius 1 is 1.07 bits per heavy atom. The number of amides is 2. The largest absolute Gasteiger partial charge is 0.349 e. The number of carbonyl (C=O) groups is 2. The van der Waals surface area contributed by atoms with Crippen molar-refractivity contribution < 1.29 is 9.59 Å². The SMILES string of the molecule is Cc1ccccc1C(=O)NC1CCN(C(=O)CC2CC3CCC(C2)N3)CC1.Cl. The molecule has 1 aromatic carbocycles. The number of aryl methyl sites for hydroxylation is 1. The number of likely N-dealkylation sites (tertiary alicyclic amines) is 1. The molecule has 3 aliphatic heterocycles. The summed E-state index contributed by atoms with van der Waals surface area (Å²) >= 11 is 0. The molecule has 2 atom stereocenters. The molecule has 3 fully saturated rings. The predicted molar refractivity (Wildman–Crippen MR) is 113 cm³/mol. The lowest BCUT2D eigenvalue weighted by Crippen LogP contribution is -2.47. The first-order valence-electron chi connectivity index (χ1n) is 10.5. The molecule has 5 nitrogen and oxygen atoms in total. The van der Waals surface area contributed by atoms with E-state index >= 15 is 0 Å². The number of hydrogen-bond acceptors (Lipinski definition) is 3. The van der Waals surface area contributed by atoms with Crippen LogP contribution in [0.5, 0.6) is 0 Å². The Morgan fingerprint density at radius 2 is 1.71 bits per heavy atom. The van der Waals surface area contributed by atoms with E-state index in [1.54, 1.807) is 0 Å². The highest BCUT2D eigenvalue weighted by Gasteiger charge is 2.35. The average molecular weight is 406 g/mol. The van der Waals surface area contributed by atoms with E-state index in [4.69, 9.17) is 0 Å². The number of nitrogens with zero attached hydrogens (tertiary/aromatic N) is 1. The van der Waals surface area contributed by atoms with Crippen molar-refractivity contribution in [2.45, 2.75) is 70.0 Å². The molecule has 154 valence electrons. The summed E-state index contributed by atoms with van der Waals surface area (Å²) in [5.74, 6) is 0.864. The van der Waals surface area contributed by atoms with Crippen molar-refractivity contribution in [1.82, 2.24) is 15.5 Å². The molecule has 0 spiro atoms. The molecule has 3 aliphatic rings. The molecule has 28 heavy (non-hydrogen) atoms. The van der Waals surface area contributed by atoms with Crippen LogP contribution in [0.2, 0.25) is 0 Å². The lowest BCUT2D eigenvalue weighted by atomic mass is 9.89. The third-order valence-electron chi connectivity index (χ3n) is 6.61. The second kappa shape index (κ2) is 9.27. The molecule has 0 aromatic heterocycles. The van der Waals surface area contributed by atoms with Gasteiger partial charge in [-0.3, -0.25) is 9.59 Å². The number of hydrogen-bond donors (Lipinski definition) is 2. The molecule has 2 N–H and O–H groups in total. The topological polar surface area (TPSA) is 61.4 Å². The van der Waals surface area contributed by atoms with Crippen molar-refractivity contribution in [3.05, 3.63) is 35.4 Å². The third-order valence-corrected chi connectivity index (χ3v) is 6.61. The second-order valence-corrected chi connectivity index (χ2v) is 8.62. The Balaban J connectivity index is 0.00000225. The van der Waals surface area contributed by atoms with Gasteiger partial charge in [0.15, 0.2) is 0 Å². The Kier molecular flexibility index (Phi) is 7.00. The van der Waals surface area contributed by atoms with Gasteiger partial charge in [-0.15, -0.1) is 12.4 Å². The predicted octanol–water partition coefficient (Wildman–Crippen LogP) is 3.06. The van der Waals surface area contributed by atoms with E-state index in [1.807, 2.05) is 36.1 Å². The number of fused-ring (bicyclic) bond motifs is 2. The van der Waals surface area contributed by atoms with Gasteiger partial charge in [0.2, 0.25) is 5.91 Å². The minimum Gasteiger partial charge on any atom is -0.349 e. The number of carbonyl (C=O) groups excluding carboxylic acids is 2. The van der Waals surface area contributed by atoms with E-state index in [-0.39, 0.29) is 24.4 Å². The quantitative estimate of drug-likeness (QED) is 0.809. The average Bonchev–Trinajstić information content (AvgIpc) is 3.01. The molecule has 3 heterocycles. The minimum absolute atomic E-state index is 0. The van der Waals surface area contributed by atoms with Gasteiger partial charge in [-0.05, 0) is 63.0 Å². The van der Waals surface area contributed by atoms with Crippen LogP contribution in [0.25, 0.3) is 0 Å². The molecule has 4 rings (SSSR count). The summed E-state index contributed by atoms with van der Waals surface area (Å²) in [6, 6.07) is 9.13. The first-order chi connectivity index (χ1) is 13.1. The highest BCUT2D eigenvalue weighted by atomic mass is 35.5. The van der Waals surface area contributed by atoms with Crippen LogP contribution in [-0.2, 0) is 4.79 Å². The van der Waals surface area contributed by atoms with Crippen molar-refractivity contribution in [2.75, 3.05) is 13.1 Å². The highest BCUT2D eigenvalue weighted by Crippen LogP contribution is 2.33. The summed E-state index contributed by atoms with van der Waals surface area (Å²) in [4.78, 5) is 27.2. The lowest BCUT2D eigenvalue weighted by Gasteiger charge is -2.35. The molecule has 6 heteroatoms. The summed E-state index contributed by atoms with van der Waals surface area (Å²) in [5.41, 5.74) is 1.75. The van der Waals surface area contributed by atoms with Gasteiger partial charge in [0.25, 0.3) is 5.91 Å². The van der Waals surface area contributed by atoms with E-state index in [2.05, 4.69) is 10.6 Å². The van der Waals surface area contributed by atoms with Gasteiger partial charge in [0.05, 0.1) is 0 Å². The standard InChI is InChI=1S/C22H31N3O2.ClH/c1-15-4-2-3-5-20(15)22(27)24-17-8-10-25(11-9-17)21(26)14-16-12-18-6-7-19(13-16)23-18;/h2-5,16-19,23H,6-14H2,1H3,(H,24,27);1H. The molecular weight excluding hydrogens is 374 g/mol. The van der Waals surface area contributed by atoms with E-state index in [0.29, 0.717) is 30.3 Å². The Hall–Kier alpha value is -1.59. The van der Waals surface area contributed by atoms with Gasteiger partial charge in [-0.1, -0.05) is 18.2 Å². The second-order valence-electron chi connectivity index (χ2n) is 8.62. The van der Waals surface area contributed by atoms with Crippen LogP contribution in [-0.4, -0.2) is 47.9 Å². The van der Waals surface area contributed by atoms with Gasteiger partial charge in [-0.2, -0.15) is 0 Å². The fourth-order valence-electron chi connectivity index (χ4n) is 5.08. The smallest absolute Gasteiger partial charge is 0.251 e. The maximum absolute atomic E-state index is 12.7. The van der Waals surface area contributed by atoms with Gasteiger partial charge in [-0.25, -0.2) is 0 Å². The zero-order valence-electron chi connectivity index (χ0n) is 16.7. The zero-order valence-corrected chi connectivity index (χ0v) is 17.5. The van der Waals surface area contributed by atoms with Crippen LogP contribution in [0.3, 0.4) is 0 Å². The number of nitrogens with one attached hydrogen (secondary N) is 2. The van der Waals surface area contributed by atoms with Crippen LogP contribution in [0.4, 0.5) is 0 Å². The summed E-state index contributed by atoms with van der Waals surface area (Å²) < 4.78 is 0. The Labute approximate surface area is 174 Å². The zero-order chi connectivity index (χ0) is 18.8. The first kappa shape index (κ1) is 21.1. The van der Waals surface area contributed by atoms with Gasteiger partial charge in [0, 0.05) is 43.2 Å². The van der Waals surface area contributed by atoms with E-state index < -0.39 is 0 Å². The molecule has 2 amide bonds. The fourth-order valence-corrected chi connectivity index (χ4v) is 5.08. The van der Waals surface area contributed by atoms with Crippen LogP contribution < -0.4 is 10.6 Å². The fraction of sp³-hybridized carbons (Fsp3) is 0.636. The maximum atomic E-state index is 12.7. The van der Waals surface area contributed by atoms with Crippen LogP contribution in [0.1, 0.15) is 60.9 Å². The first-order valence-corrected chi connectivity index (χ1v) is 10.5. The number of halogens is 1. The van der Waals surface area contributed by atoms with Crippen molar-refractivity contribution in [3.8, 4) is 0 Å². The molecular formula is C22H32ClN3O2. The van der Waals surface area contributed by atoms with Crippen molar-refractivity contribution >= 4 is 24.2 Å². The van der Waals surface area contributed by atoms with E-state index in [0.717, 1.165) is 49.9 Å². The van der Waals surface area contributed by atoms with Crippen molar-refractivity contribution in [3.63, 3.8) is 0 Å². The van der Waals surface area contributed by atoms with Crippen molar-refractivity contribution in [1.29, 1.82) is 0 Å². The van der Waals surface area contributed by atoms with Crippen LogP contribution >= 0.6 is 12.4 Å². The number of benzene rings is 1. The highest BCUT2D eigenvalue weighted by molar-refractivity contribution is 5.95. The van der Waals surface area contributed by atoms with Gasteiger partial charge >= 0.3 is 0 Å². The summed E-state index contributed by atoms with van der Waals surface area (Å²) in [6.07, 6.45) is 7.27. The monoisotopic (exact) mass is 405 g/mol. The van der Waals surface area contributed by atoms with E-state index in [9.17, 15) is 9.59 Å². The molecule has 1 aromatic rings. The van der Waals surface area contributed by atoms with Gasteiger partial charge in [0.1, 0.15) is 0 Å². The Morgan fingerprint density at radius 3 is 2.36 bits per heavy atom. The molecule has 2 unspecified atom stereocenters. The van der Waals surface area contributed by atoms with E-state index in [1.165, 1.54) is 12.8 Å². The van der Waals surface area contributed by atoms with Crippen LogP contribution in [0, 0.1) is 12.8 Å². The summed E-state index contributed by atoms with van der Waals surface area (Å²) in [6.45, 7) is 3.48. The van der Waals surface area contributed by atoms with Crippen molar-refractivity contribution in [2.24, 2.45) is 5.92 Å². The summed E-state index contributed by atoms with van der Waals surface area (Å²) in [5, 5.41) is 6.80.